The quantitative estimate of drug-likeness (QED) is 0.557. The number of amides is 1. The summed E-state index contributed by atoms with van der Waals surface area (Å²) >= 11 is 0. The molecular formula is C18H21N3O5S. The van der Waals surface area contributed by atoms with Crippen molar-refractivity contribution in [1.82, 2.24) is 9.21 Å². The predicted octanol–water partition coefficient (Wildman–Crippen LogP) is 2.68. The number of nitrogens with zero attached hydrogens (tertiary/aromatic N) is 3. The van der Waals surface area contributed by atoms with Gasteiger partial charge in [0.15, 0.2) is 0 Å². The zero-order valence-corrected chi connectivity index (χ0v) is 16.3. The van der Waals surface area contributed by atoms with Gasteiger partial charge in [-0.2, -0.15) is 0 Å². The molecule has 0 aliphatic carbocycles. The lowest BCUT2D eigenvalue weighted by atomic mass is 10.1. The van der Waals surface area contributed by atoms with Gasteiger partial charge in [-0.05, 0) is 30.7 Å². The maximum absolute atomic E-state index is 12.8. The molecule has 0 fully saturated rings. The van der Waals surface area contributed by atoms with Crippen LogP contribution in [0.1, 0.15) is 28.9 Å². The lowest BCUT2D eigenvalue weighted by molar-refractivity contribution is -0.384. The molecule has 0 unspecified atom stereocenters. The van der Waals surface area contributed by atoms with Gasteiger partial charge < -0.3 is 4.90 Å². The summed E-state index contributed by atoms with van der Waals surface area (Å²) in [5.41, 5.74) is 0.772. The van der Waals surface area contributed by atoms with Crippen LogP contribution >= 0.6 is 0 Å². The van der Waals surface area contributed by atoms with Gasteiger partial charge in [0.05, 0.1) is 15.9 Å². The van der Waals surface area contributed by atoms with Crippen LogP contribution in [0.25, 0.3) is 0 Å². The van der Waals surface area contributed by atoms with Crippen LogP contribution in [0.2, 0.25) is 0 Å². The molecule has 2 aromatic carbocycles. The maximum atomic E-state index is 12.8. The number of non-ortho nitro benzene ring substituents is 1. The van der Waals surface area contributed by atoms with Crippen molar-refractivity contribution in [1.29, 1.82) is 0 Å². The van der Waals surface area contributed by atoms with Crippen LogP contribution in [0.3, 0.4) is 0 Å². The molecule has 0 bridgehead atoms. The van der Waals surface area contributed by atoms with Crippen LogP contribution in [-0.4, -0.2) is 49.6 Å². The molecule has 1 atom stereocenters. The summed E-state index contributed by atoms with van der Waals surface area (Å²) in [6.45, 7) is 1.75. The van der Waals surface area contributed by atoms with Crippen molar-refractivity contribution in [2.75, 3.05) is 21.1 Å². The minimum Gasteiger partial charge on any atom is -0.335 e. The van der Waals surface area contributed by atoms with E-state index in [0.717, 1.165) is 4.31 Å². The number of carbonyl (C=O) groups excluding carboxylic acids is 1. The standard InChI is InChI=1S/C18H21N3O5S/c1-13(14-7-5-9-16(11-14)21(23)24)20(4)18(22)15-8-6-10-17(12-15)27(25,26)19(2)3/h5-13H,1-4H3/t13-/m1/s1. The van der Waals surface area contributed by atoms with Crippen molar-refractivity contribution in [3.8, 4) is 0 Å². The molecule has 0 saturated heterocycles. The first-order valence-corrected chi connectivity index (χ1v) is 9.54. The Morgan fingerprint density at radius 3 is 2.30 bits per heavy atom. The SMILES string of the molecule is C[C@H](c1cccc([N+](=O)[O-])c1)N(C)C(=O)c1cccc(S(=O)(=O)N(C)C)c1. The third kappa shape index (κ3) is 4.32. The summed E-state index contributed by atoms with van der Waals surface area (Å²) in [5.74, 6) is -0.384. The molecule has 27 heavy (non-hydrogen) atoms. The number of carbonyl (C=O) groups is 1. The second kappa shape index (κ2) is 7.85. The van der Waals surface area contributed by atoms with Crippen molar-refractivity contribution in [2.24, 2.45) is 0 Å². The number of nitro groups is 1. The van der Waals surface area contributed by atoms with Crippen molar-refractivity contribution in [2.45, 2.75) is 17.9 Å². The van der Waals surface area contributed by atoms with Gasteiger partial charge in [-0.15, -0.1) is 0 Å². The monoisotopic (exact) mass is 391 g/mol. The Labute approximate surface area is 158 Å². The Kier molecular flexibility index (Phi) is 5.97. The highest BCUT2D eigenvalue weighted by molar-refractivity contribution is 7.89. The van der Waals surface area contributed by atoms with Crippen molar-refractivity contribution < 1.29 is 18.1 Å². The van der Waals surface area contributed by atoms with Gasteiger partial charge in [0.1, 0.15) is 0 Å². The average molecular weight is 391 g/mol. The Balaban J connectivity index is 2.32. The first-order chi connectivity index (χ1) is 12.6. The molecule has 2 aromatic rings. The molecule has 1 amide bonds. The molecule has 0 N–H and O–H groups in total. The van der Waals surface area contributed by atoms with Crippen LogP contribution < -0.4 is 0 Å². The summed E-state index contributed by atoms with van der Waals surface area (Å²) in [5, 5.41) is 11.0. The summed E-state index contributed by atoms with van der Waals surface area (Å²) in [4.78, 5) is 24.7. The topological polar surface area (TPSA) is 101 Å². The number of hydrogen-bond donors (Lipinski definition) is 0. The normalized spacial score (nSPS) is 12.6. The molecule has 0 saturated carbocycles. The van der Waals surface area contributed by atoms with Gasteiger partial charge in [0, 0.05) is 38.8 Å². The minimum atomic E-state index is -3.66. The van der Waals surface area contributed by atoms with Crippen LogP contribution in [0.15, 0.2) is 53.4 Å². The Morgan fingerprint density at radius 2 is 1.70 bits per heavy atom. The molecule has 0 aliphatic heterocycles. The van der Waals surface area contributed by atoms with Crippen LogP contribution in [-0.2, 0) is 10.0 Å². The molecular weight excluding hydrogens is 370 g/mol. The highest BCUT2D eigenvalue weighted by Crippen LogP contribution is 2.25. The van der Waals surface area contributed by atoms with E-state index in [9.17, 15) is 23.3 Å². The highest BCUT2D eigenvalue weighted by Gasteiger charge is 2.23. The lowest BCUT2D eigenvalue weighted by Gasteiger charge is -2.25. The number of hydrogen-bond acceptors (Lipinski definition) is 5. The van der Waals surface area contributed by atoms with Gasteiger partial charge in [-0.1, -0.05) is 18.2 Å². The number of nitro benzene ring substituents is 1. The maximum Gasteiger partial charge on any atom is 0.269 e. The molecule has 0 heterocycles. The third-order valence-electron chi connectivity index (χ3n) is 4.32. The summed E-state index contributed by atoms with van der Waals surface area (Å²) in [6, 6.07) is 11.4. The van der Waals surface area contributed by atoms with E-state index >= 15 is 0 Å². The second-order valence-electron chi connectivity index (χ2n) is 6.26. The van der Waals surface area contributed by atoms with Crippen LogP contribution in [0, 0.1) is 10.1 Å². The molecule has 9 heteroatoms. The second-order valence-corrected chi connectivity index (χ2v) is 8.41. The molecule has 144 valence electrons. The largest absolute Gasteiger partial charge is 0.335 e. The number of benzene rings is 2. The van der Waals surface area contributed by atoms with Crippen molar-refractivity contribution in [3.05, 3.63) is 69.8 Å². The number of sulfonamides is 1. The summed E-state index contributed by atoms with van der Waals surface area (Å²) in [7, 11) is 0.744. The summed E-state index contributed by atoms with van der Waals surface area (Å²) in [6.07, 6.45) is 0. The van der Waals surface area contributed by atoms with Gasteiger partial charge in [-0.25, -0.2) is 12.7 Å². The van der Waals surface area contributed by atoms with E-state index in [1.807, 2.05) is 0 Å². The molecule has 2 rings (SSSR count). The lowest BCUT2D eigenvalue weighted by Crippen LogP contribution is -2.30. The summed E-state index contributed by atoms with van der Waals surface area (Å²) < 4.78 is 25.6. The van der Waals surface area contributed by atoms with E-state index in [0.29, 0.717) is 5.56 Å². The molecule has 0 aromatic heterocycles. The first kappa shape index (κ1) is 20.5. The minimum absolute atomic E-state index is 0.0229. The van der Waals surface area contributed by atoms with E-state index in [2.05, 4.69) is 0 Å². The fraction of sp³-hybridized carbons (Fsp3) is 0.278. The highest BCUT2D eigenvalue weighted by atomic mass is 32.2. The molecule has 8 nitrogen and oxygen atoms in total. The third-order valence-corrected chi connectivity index (χ3v) is 6.14. The van der Waals surface area contributed by atoms with Crippen LogP contribution in [0.5, 0.6) is 0 Å². The fourth-order valence-corrected chi connectivity index (χ4v) is 3.45. The van der Waals surface area contributed by atoms with Gasteiger partial charge in [-0.3, -0.25) is 14.9 Å². The van der Waals surface area contributed by atoms with Crippen molar-refractivity contribution >= 4 is 21.6 Å². The molecule has 0 aliphatic rings. The first-order valence-electron chi connectivity index (χ1n) is 8.10. The zero-order valence-electron chi connectivity index (χ0n) is 15.5. The van der Waals surface area contributed by atoms with Gasteiger partial charge >= 0.3 is 0 Å². The smallest absolute Gasteiger partial charge is 0.269 e. The van der Waals surface area contributed by atoms with E-state index in [4.69, 9.17) is 0 Å². The van der Waals surface area contributed by atoms with Crippen LogP contribution in [0.4, 0.5) is 5.69 Å². The zero-order chi connectivity index (χ0) is 20.4. The average Bonchev–Trinajstić information content (AvgIpc) is 2.66. The Bertz CT molecular complexity index is 972. The Hall–Kier alpha value is -2.78. The predicted molar refractivity (Wildman–Crippen MR) is 101 cm³/mol. The van der Waals surface area contributed by atoms with E-state index in [1.165, 1.54) is 55.4 Å². The van der Waals surface area contributed by atoms with E-state index in [1.54, 1.807) is 26.1 Å². The van der Waals surface area contributed by atoms with E-state index in [-0.39, 0.29) is 22.1 Å². The van der Waals surface area contributed by atoms with Gasteiger partial charge in [0.2, 0.25) is 10.0 Å². The van der Waals surface area contributed by atoms with Crippen molar-refractivity contribution in [3.63, 3.8) is 0 Å². The molecule has 0 radical (unpaired) electrons. The van der Waals surface area contributed by atoms with Gasteiger partial charge in [0.25, 0.3) is 11.6 Å². The Morgan fingerprint density at radius 1 is 1.07 bits per heavy atom. The molecule has 0 spiro atoms. The number of rotatable bonds is 6. The van der Waals surface area contributed by atoms with E-state index < -0.39 is 21.0 Å². The fourth-order valence-electron chi connectivity index (χ4n) is 2.50.